The first kappa shape index (κ1) is 9.89. The molecule has 0 atom stereocenters. The molecule has 1 aromatic carbocycles. The molecule has 2 N–H and O–H groups in total. The van der Waals surface area contributed by atoms with E-state index in [1.165, 1.54) is 0 Å². The molecule has 2 heterocycles. The Hall–Kier alpha value is -2.30. The Balaban J connectivity index is 2.06. The first-order valence-electron chi connectivity index (χ1n) is 5.43. The Morgan fingerprint density at radius 3 is 2.76 bits per heavy atom. The van der Waals surface area contributed by atoms with Crippen molar-refractivity contribution in [1.29, 1.82) is 0 Å². The van der Waals surface area contributed by atoms with Gasteiger partial charge in [-0.3, -0.25) is 9.36 Å². The van der Waals surface area contributed by atoms with Crippen LogP contribution in [0.4, 0.5) is 5.82 Å². The number of fused-ring (bicyclic) bond motifs is 1. The number of nitrogen functional groups attached to an aromatic ring is 1. The number of anilines is 1. The smallest absolute Gasteiger partial charge is 0.153 e. The highest BCUT2D eigenvalue weighted by Gasteiger charge is 2.08. The molecular weight excluding hydrogens is 214 g/mol. The van der Waals surface area contributed by atoms with Gasteiger partial charge in [0.2, 0.25) is 0 Å². The first-order chi connectivity index (χ1) is 8.24. The van der Waals surface area contributed by atoms with Crippen molar-refractivity contribution in [2.75, 3.05) is 5.73 Å². The van der Waals surface area contributed by atoms with E-state index in [4.69, 9.17) is 5.73 Å². The molecular formula is C12H13N5. The van der Waals surface area contributed by atoms with Crippen LogP contribution in [0, 0.1) is 0 Å². The molecule has 0 saturated heterocycles. The van der Waals surface area contributed by atoms with Gasteiger partial charge in [0, 0.05) is 18.6 Å². The van der Waals surface area contributed by atoms with E-state index in [-0.39, 0.29) is 0 Å². The minimum Gasteiger partial charge on any atom is -0.382 e. The Kier molecular flexibility index (Phi) is 2.11. The number of hydrogen-bond donors (Lipinski definition) is 1. The van der Waals surface area contributed by atoms with E-state index in [1.807, 2.05) is 48.3 Å². The molecule has 5 nitrogen and oxygen atoms in total. The zero-order valence-corrected chi connectivity index (χ0v) is 9.54. The fourth-order valence-corrected chi connectivity index (χ4v) is 1.97. The van der Waals surface area contributed by atoms with Crippen molar-refractivity contribution in [1.82, 2.24) is 19.6 Å². The molecule has 3 aromatic rings. The molecule has 0 aliphatic carbocycles. The summed E-state index contributed by atoms with van der Waals surface area (Å²) < 4.78 is 3.66. The van der Waals surface area contributed by atoms with Crippen LogP contribution in [-0.2, 0) is 13.6 Å². The summed E-state index contributed by atoms with van der Waals surface area (Å²) in [6, 6.07) is 9.92. The number of para-hydroxylation sites is 1. The maximum absolute atomic E-state index is 5.88. The van der Waals surface area contributed by atoms with Crippen LogP contribution in [0.3, 0.4) is 0 Å². The number of aryl methyl sites for hydroxylation is 1. The topological polar surface area (TPSA) is 61.7 Å². The zero-order chi connectivity index (χ0) is 11.8. The van der Waals surface area contributed by atoms with Gasteiger partial charge in [-0.2, -0.15) is 10.2 Å². The molecule has 5 heteroatoms. The number of hydrogen-bond acceptors (Lipinski definition) is 3. The van der Waals surface area contributed by atoms with Crippen LogP contribution in [0.25, 0.3) is 10.9 Å². The van der Waals surface area contributed by atoms with Gasteiger partial charge in [0.1, 0.15) is 0 Å². The lowest BCUT2D eigenvalue weighted by Crippen LogP contribution is -2.03. The number of nitrogens with zero attached hydrogens (tertiary/aromatic N) is 4. The normalized spacial score (nSPS) is 11.1. The third kappa shape index (κ3) is 1.65. The number of aromatic nitrogens is 4. The molecule has 0 saturated carbocycles. The Morgan fingerprint density at radius 2 is 2.00 bits per heavy atom. The Labute approximate surface area is 98.5 Å². The maximum atomic E-state index is 5.88. The monoisotopic (exact) mass is 227 g/mol. The lowest BCUT2D eigenvalue weighted by atomic mass is 10.2. The largest absolute Gasteiger partial charge is 0.382 e. The van der Waals surface area contributed by atoms with E-state index in [1.54, 1.807) is 4.68 Å². The van der Waals surface area contributed by atoms with Crippen molar-refractivity contribution in [3.05, 3.63) is 42.2 Å². The van der Waals surface area contributed by atoms with Crippen LogP contribution in [0.5, 0.6) is 0 Å². The minimum absolute atomic E-state index is 0.566. The molecule has 0 aliphatic rings. The Bertz CT molecular complexity index is 664. The van der Waals surface area contributed by atoms with Gasteiger partial charge in [-0.1, -0.05) is 12.1 Å². The number of benzene rings is 1. The maximum Gasteiger partial charge on any atom is 0.153 e. The average Bonchev–Trinajstić information content (AvgIpc) is 2.86. The molecule has 0 aliphatic heterocycles. The van der Waals surface area contributed by atoms with Gasteiger partial charge >= 0.3 is 0 Å². The molecule has 0 bridgehead atoms. The second kappa shape index (κ2) is 3.62. The van der Waals surface area contributed by atoms with Crippen molar-refractivity contribution in [2.24, 2.45) is 7.05 Å². The van der Waals surface area contributed by atoms with Crippen LogP contribution < -0.4 is 5.73 Å². The second-order valence-electron chi connectivity index (χ2n) is 4.04. The van der Waals surface area contributed by atoms with Crippen LogP contribution >= 0.6 is 0 Å². The predicted molar refractivity (Wildman–Crippen MR) is 66.5 cm³/mol. The highest BCUT2D eigenvalue weighted by molar-refractivity contribution is 5.88. The minimum atomic E-state index is 0.566. The van der Waals surface area contributed by atoms with Crippen LogP contribution in [0.2, 0.25) is 0 Å². The van der Waals surface area contributed by atoms with E-state index < -0.39 is 0 Å². The number of nitrogens with two attached hydrogens (primary N) is 1. The summed E-state index contributed by atoms with van der Waals surface area (Å²) in [4.78, 5) is 0. The van der Waals surface area contributed by atoms with E-state index in [9.17, 15) is 0 Å². The van der Waals surface area contributed by atoms with E-state index in [0.717, 1.165) is 16.6 Å². The van der Waals surface area contributed by atoms with Gasteiger partial charge in [0.25, 0.3) is 0 Å². The van der Waals surface area contributed by atoms with Crippen LogP contribution in [-0.4, -0.2) is 19.6 Å². The lowest BCUT2D eigenvalue weighted by Gasteiger charge is -1.99. The van der Waals surface area contributed by atoms with Gasteiger partial charge in [-0.05, 0) is 18.2 Å². The molecule has 17 heavy (non-hydrogen) atoms. The molecule has 0 amide bonds. The first-order valence-corrected chi connectivity index (χ1v) is 5.43. The molecule has 0 fully saturated rings. The highest BCUT2D eigenvalue weighted by atomic mass is 15.3. The summed E-state index contributed by atoms with van der Waals surface area (Å²) in [6.45, 7) is 0.637. The van der Waals surface area contributed by atoms with E-state index >= 15 is 0 Å². The standard InChI is InChI=1S/C12H13N5/c1-16-7-6-9(14-16)8-17-11-5-3-2-4-10(11)12(13)15-17/h2-7H,8H2,1H3,(H2,13,15). The highest BCUT2D eigenvalue weighted by Crippen LogP contribution is 2.20. The summed E-state index contributed by atoms with van der Waals surface area (Å²) in [5.41, 5.74) is 7.89. The fourth-order valence-electron chi connectivity index (χ4n) is 1.97. The Morgan fingerprint density at radius 1 is 1.18 bits per heavy atom. The third-order valence-corrected chi connectivity index (χ3v) is 2.77. The van der Waals surface area contributed by atoms with Crippen LogP contribution in [0.1, 0.15) is 5.69 Å². The summed E-state index contributed by atoms with van der Waals surface area (Å²) in [7, 11) is 1.90. The van der Waals surface area contributed by atoms with E-state index in [0.29, 0.717) is 12.4 Å². The van der Waals surface area contributed by atoms with Gasteiger partial charge in [-0.15, -0.1) is 0 Å². The van der Waals surface area contributed by atoms with Crippen molar-refractivity contribution >= 4 is 16.7 Å². The van der Waals surface area contributed by atoms with Gasteiger partial charge in [0.05, 0.1) is 17.8 Å². The van der Waals surface area contributed by atoms with Gasteiger partial charge in [0.15, 0.2) is 5.82 Å². The molecule has 0 spiro atoms. The van der Waals surface area contributed by atoms with Gasteiger partial charge < -0.3 is 5.73 Å². The predicted octanol–water partition coefficient (Wildman–Crippen LogP) is 1.40. The van der Waals surface area contributed by atoms with Crippen LogP contribution in [0.15, 0.2) is 36.5 Å². The fraction of sp³-hybridized carbons (Fsp3) is 0.167. The SMILES string of the molecule is Cn1ccc(Cn2nc(N)c3ccccc32)n1. The zero-order valence-electron chi connectivity index (χ0n) is 9.54. The second-order valence-corrected chi connectivity index (χ2v) is 4.04. The summed E-state index contributed by atoms with van der Waals surface area (Å²) in [6.07, 6.45) is 1.92. The number of rotatable bonds is 2. The summed E-state index contributed by atoms with van der Waals surface area (Å²) >= 11 is 0. The van der Waals surface area contributed by atoms with Crippen molar-refractivity contribution in [2.45, 2.75) is 6.54 Å². The quantitative estimate of drug-likeness (QED) is 0.719. The summed E-state index contributed by atoms with van der Waals surface area (Å²) in [5, 5.41) is 9.67. The molecule has 0 radical (unpaired) electrons. The van der Waals surface area contributed by atoms with Crippen molar-refractivity contribution in [3.8, 4) is 0 Å². The van der Waals surface area contributed by atoms with Crippen molar-refractivity contribution in [3.63, 3.8) is 0 Å². The molecule has 2 aromatic heterocycles. The lowest BCUT2D eigenvalue weighted by molar-refractivity contribution is 0.669. The molecule has 0 unspecified atom stereocenters. The summed E-state index contributed by atoms with van der Waals surface area (Å²) in [5.74, 6) is 0.566. The molecule has 86 valence electrons. The third-order valence-electron chi connectivity index (χ3n) is 2.77. The van der Waals surface area contributed by atoms with Crippen molar-refractivity contribution < 1.29 is 0 Å². The average molecular weight is 227 g/mol. The van der Waals surface area contributed by atoms with E-state index in [2.05, 4.69) is 10.2 Å². The van der Waals surface area contributed by atoms with Gasteiger partial charge in [-0.25, -0.2) is 0 Å². The molecule has 3 rings (SSSR count).